The van der Waals surface area contributed by atoms with Crippen molar-refractivity contribution in [2.24, 2.45) is 0 Å². The van der Waals surface area contributed by atoms with E-state index in [0.29, 0.717) is 19.3 Å². The molecular formula is C71H120O16P2. The Bertz CT molecular complexity index is 2110. The predicted octanol–water partition coefficient (Wildman–Crippen LogP) is 18.6. The van der Waals surface area contributed by atoms with Crippen molar-refractivity contribution < 1.29 is 75.8 Å². The maximum atomic E-state index is 12.9. The molecule has 0 fully saturated rings. The van der Waals surface area contributed by atoms with Gasteiger partial charge in [-0.1, -0.05) is 226 Å². The fourth-order valence-corrected chi connectivity index (χ4v) is 10.1. The van der Waals surface area contributed by atoms with Gasteiger partial charge in [0.15, 0.2) is 6.10 Å². The first-order chi connectivity index (χ1) is 43.2. The van der Waals surface area contributed by atoms with Gasteiger partial charge in [0.2, 0.25) is 0 Å². The van der Waals surface area contributed by atoms with Gasteiger partial charge < -0.3 is 34.2 Å². The molecule has 5 unspecified atom stereocenters. The van der Waals surface area contributed by atoms with Gasteiger partial charge >= 0.3 is 33.6 Å². The first kappa shape index (κ1) is 85.0. The van der Waals surface area contributed by atoms with Crippen LogP contribution in [0.1, 0.15) is 252 Å². The summed E-state index contributed by atoms with van der Waals surface area (Å²) in [6.07, 6.45) is 72.5. The van der Waals surface area contributed by atoms with Crippen LogP contribution in [0.2, 0.25) is 0 Å². The summed E-state index contributed by atoms with van der Waals surface area (Å²) in [5.41, 5.74) is 0. The summed E-state index contributed by atoms with van der Waals surface area (Å²) in [5, 5.41) is 20.5. The fourth-order valence-electron chi connectivity index (χ4n) is 8.52. The molecule has 0 radical (unpaired) electrons. The van der Waals surface area contributed by atoms with Crippen LogP contribution in [-0.4, -0.2) is 95.9 Å². The Kier molecular flexibility index (Phi) is 61.2. The number of phosphoric ester groups is 2. The van der Waals surface area contributed by atoms with Crippen LogP contribution in [0.3, 0.4) is 0 Å². The second-order valence-corrected chi connectivity index (χ2v) is 25.1. The number of esters is 3. The van der Waals surface area contributed by atoms with Gasteiger partial charge in [0, 0.05) is 19.3 Å². The van der Waals surface area contributed by atoms with Gasteiger partial charge in [-0.3, -0.25) is 32.5 Å². The second kappa shape index (κ2) is 64.1. The number of carbonyl (C=O) groups is 3. The smallest absolute Gasteiger partial charge is 0.463 e. The Morgan fingerprint density at radius 1 is 0.326 bits per heavy atom. The van der Waals surface area contributed by atoms with E-state index in [0.717, 1.165) is 167 Å². The topological polar surface area (TPSA) is 231 Å². The summed E-state index contributed by atoms with van der Waals surface area (Å²) < 4.78 is 60.8. The number of carbonyl (C=O) groups excluding carboxylic acids is 3. The highest BCUT2D eigenvalue weighted by atomic mass is 31.2. The van der Waals surface area contributed by atoms with Crippen molar-refractivity contribution in [1.82, 2.24) is 0 Å². The monoisotopic (exact) mass is 1290 g/mol. The van der Waals surface area contributed by atoms with E-state index in [2.05, 4.69) is 142 Å². The molecule has 0 heterocycles. The molecule has 510 valence electrons. The number of phosphoric acid groups is 2. The van der Waals surface area contributed by atoms with E-state index >= 15 is 0 Å². The van der Waals surface area contributed by atoms with Crippen LogP contribution in [0.15, 0.2) is 122 Å². The highest BCUT2D eigenvalue weighted by Gasteiger charge is 2.29. The lowest BCUT2D eigenvalue weighted by Gasteiger charge is -2.21. The third-order valence-corrected chi connectivity index (χ3v) is 15.6. The van der Waals surface area contributed by atoms with Crippen LogP contribution in [0.5, 0.6) is 0 Å². The van der Waals surface area contributed by atoms with Gasteiger partial charge in [0.25, 0.3) is 0 Å². The normalized spacial score (nSPS) is 15.0. The molecule has 0 aromatic carbocycles. The van der Waals surface area contributed by atoms with Crippen molar-refractivity contribution in [2.75, 3.05) is 39.6 Å². The number of hydrogen-bond donors (Lipinski definition) is 4. The van der Waals surface area contributed by atoms with E-state index < -0.39 is 91.5 Å². The van der Waals surface area contributed by atoms with E-state index in [4.69, 9.17) is 32.3 Å². The molecule has 0 aliphatic heterocycles. The lowest BCUT2D eigenvalue weighted by Crippen LogP contribution is -2.30. The molecule has 0 rings (SSSR count). The van der Waals surface area contributed by atoms with Crippen LogP contribution in [0.25, 0.3) is 0 Å². The highest BCUT2D eigenvalue weighted by Crippen LogP contribution is 2.45. The number of ether oxygens (including phenoxy) is 3. The predicted molar refractivity (Wildman–Crippen MR) is 362 cm³/mol. The molecule has 5 atom stereocenters. The zero-order valence-corrected chi connectivity index (χ0v) is 56.8. The molecule has 4 N–H and O–H groups in total. The van der Waals surface area contributed by atoms with Gasteiger partial charge in [-0.25, -0.2) is 9.13 Å². The third-order valence-electron chi connectivity index (χ3n) is 13.7. The largest absolute Gasteiger partial charge is 0.472 e. The minimum atomic E-state index is -4.93. The van der Waals surface area contributed by atoms with Crippen molar-refractivity contribution in [3.63, 3.8) is 0 Å². The molecule has 0 bridgehead atoms. The number of unbranched alkanes of at least 4 members (excludes halogenated alkanes) is 20. The van der Waals surface area contributed by atoms with Crippen LogP contribution in [0, 0.1) is 0 Å². The number of rotatable bonds is 63. The number of aliphatic hydroxyl groups is 2. The Labute approximate surface area is 538 Å². The Hall–Kier alpha value is -4.05. The van der Waals surface area contributed by atoms with E-state index in [1.54, 1.807) is 0 Å². The molecule has 0 aliphatic rings. The number of allylic oxidation sites excluding steroid dienone is 20. The van der Waals surface area contributed by atoms with Crippen molar-refractivity contribution in [3.8, 4) is 0 Å². The molecule has 0 aliphatic carbocycles. The molecule has 0 aromatic rings. The van der Waals surface area contributed by atoms with Crippen LogP contribution in [-0.2, 0) is 55.8 Å². The maximum absolute atomic E-state index is 12.9. The third kappa shape index (κ3) is 65.3. The molecule has 0 amide bonds. The average molecular weight is 1290 g/mol. The Morgan fingerprint density at radius 2 is 0.596 bits per heavy atom. The standard InChI is InChI=1S/C71H120O16P2/c1-4-7-10-13-16-19-22-25-28-30-31-32-33-35-38-39-42-45-48-51-54-57-69(74)81-60-66(72)61-83-88(77,78)84-62-67(73)63-85-89(79,80)86-65-68(87-71(76)59-56-53-50-47-44-41-36-27-24-21-18-15-12-9-6-3)64-82-70(75)58-55-52-49-46-43-40-37-34-29-26-23-20-17-14-11-8-5-2/h8-9,11-12,16-21,25-29,31-32,35-36,38,66-68,72-73H,4-7,10,13-15,22-24,30,33-34,37,39-65H2,1-3H3,(H,77,78)(H,79,80)/b11-8-,12-9-,19-16-,20-17-,21-18-,28-25-,29-26-,32-31-,36-27-,38-35-. The number of hydrogen-bond acceptors (Lipinski definition) is 14. The minimum absolute atomic E-state index is 0.0792. The Balaban J connectivity index is 4.69. The highest BCUT2D eigenvalue weighted by molar-refractivity contribution is 7.47. The van der Waals surface area contributed by atoms with Crippen molar-refractivity contribution >= 4 is 33.6 Å². The molecule has 0 aromatic heterocycles. The zero-order chi connectivity index (χ0) is 65.3. The summed E-state index contributed by atoms with van der Waals surface area (Å²) >= 11 is 0. The van der Waals surface area contributed by atoms with Gasteiger partial charge in [-0.2, -0.15) is 0 Å². The fraction of sp³-hybridized carbons (Fsp3) is 0.676. The summed E-state index contributed by atoms with van der Waals surface area (Å²) in [7, 11) is -9.79. The molecule has 89 heavy (non-hydrogen) atoms. The molecule has 18 heteroatoms. The van der Waals surface area contributed by atoms with E-state index in [1.807, 2.05) is 0 Å². The lowest BCUT2D eigenvalue weighted by atomic mass is 10.1. The first-order valence-corrected chi connectivity index (χ1v) is 36.8. The van der Waals surface area contributed by atoms with Gasteiger partial charge in [0.05, 0.1) is 26.4 Å². The van der Waals surface area contributed by atoms with Crippen molar-refractivity contribution in [3.05, 3.63) is 122 Å². The van der Waals surface area contributed by atoms with Gasteiger partial charge in [-0.15, -0.1) is 0 Å². The quantitative estimate of drug-likeness (QED) is 0.0146. The lowest BCUT2D eigenvalue weighted by molar-refractivity contribution is -0.161. The summed E-state index contributed by atoms with van der Waals surface area (Å²) in [6, 6.07) is 0. The molecule has 0 spiro atoms. The Morgan fingerprint density at radius 3 is 0.944 bits per heavy atom. The molecule has 16 nitrogen and oxygen atoms in total. The summed E-state index contributed by atoms with van der Waals surface area (Å²) in [4.78, 5) is 58.4. The summed E-state index contributed by atoms with van der Waals surface area (Å²) in [6.45, 7) is 2.35. The van der Waals surface area contributed by atoms with Crippen LogP contribution < -0.4 is 0 Å². The molecular weight excluding hydrogens is 1170 g/mol. The zero-order valence-electron chi connectivity index (χ0n) is 55.1. The van der Waals surface area contributed by atoms with Gasteiger partial charge in [-0.05, 0) is 128 Å². The maximum Gasteiger partial charge on any atom is 0.472 e. The van der Waals surface area contributed by atoms with Crippen LogP contribution >= 0.6 is 15.6 Å². The SMILES string of the molecule is CC/C=C\C/C=C\C/C=C\CCCCCCCCCC(=O)OCC(COP(=O)(O)OCC(O)COP(=O)(O)OCC(O)COC(=O)CCCCCCC/C=C\C/C=C\C/C=C\C/C=C\CCCCC)OC(=O)CCCCCCC/C=C\C/C=C\C/C=C\CC. The molecule has 0 saturated heterocycles. The van der Waals surface area contributed by atoms with E-state index in [1.165, 1.54) is 25.7 Å². The van der Waals surface area contributed by atoms with Crippen LogP contribution in [0.4, 0.5) is 0 Å². The van der Waals surface area contributed by atoms with Crippen molar-refractivity contribution in [2.45, 2.75) is 270 Å². The average Bonchev–Trinajstić information content (AvgIpc) is 3.73. The minimum Gasteiger partial charge on any atom is -0.463 e. The van der Waals surface area contributed by atoms with E-state index in [9.17, 15) is 43.5 Å². The van der Waals surface area contributed by atoms with Gasteiger partial charge in [0.1, 0.15) is 25.4 Å². The molecule has 0 saturated carbocycles. The van der Waals surface area contributed by atoms with E-state index in [-0.39, 0.29) is 19.3 Å². The number of aliphatic hydroxyl groups excluding tert-OH is 2. The summed E-state index contributed by atoms with van der Waals surface area (Å²) in [5.74, 6) is -1.63. The van der Waals surface area contributed by atoms with Crippen molar-refractivity contribution in [1.29, 1.82) is 0 Å². The second-order valence-electron chi connectivity index (χ2n) is 22.2. The first-order valence-electron chi connectivity index (χ1n) is 33.8.